The van der Waals surface area contributed by atoms with Crippen LogP contribution in [0.3, 0.4) is 0 Å². The van der Waals surface area contributed by atoms with E-state index in [9.17, 15) is 17.6 Å². The number of nitrogen functional groups attached to an aromatic ring is 1. The molecular formula is C20H21FN4O3S. The Hall–Kier alpha value is -3.20. The second-order valence-corrected chi connectivity index (χ2v) is 9.06. The molecule has 7 nitrogen and oxygen atoms in total. The zero-order valence-corrected chi connectivity index (χ0v) is 17.0. The maximum Gasteiger partial charge on any atom is 0.251 e. The molecule has 0 bridgehead atoms. The highest BCUT2D eigenvalue weighted by Gasteiger charge is 2.25. The largest absolute Gasteiger partial charge is 0.368 e. The number of carbonyl (C=O) groups is 1. The third kappa shape index (κ3) is 3.86. The zero-order valence-electron chi connectivity index (χ0n) is 16.2. The highest BCUT2D eigenvalue weighted by atomic mass is 32.2. The molecule has 0 aliphatic carbocycles. The van der Waals surface area contributed by atoms with Gasteiger partial charge in [0.15, 0.2) is 0 Å². The maximum absolute atomic E-state index is 13.6. The van der Waals surface area contributed by atoms with E-state index in [0.717, 1.165) is 3.97 Å². The van der Waals surface area contributed by atoms with E-state index in [4.69, 9.17) is 5.73 Å². The minimum absolute atomic E-state index is 0.151. The smallest absolute Gasteiger partial charge is 0.251 e. The van der Waals surface area contributed by atoms with Gasteiger partial charge in [0.1, 0.15) is 5.82 Å². The van der Waals surface area contributed by atoms with Crippen molar-refractivity contribution >= 4 is 44.6 Å². The third-order valence-electron chi connectivity index (χ3n) is 4.43. The fourth-order valence-corrected chi connectivity index (χ4v) is 4.04. The molecule has 0 atom stereocenters. The number of imidazole rings is 1. The number of fused-ring (bicyclic) bond motifs is 1. The van der Waals surface area contributed by atoms with Crippen LogP contribution in [0.25, 0.3) is 22.7 Å². The van der Waals surface area contributed by atoms with E-state index in [2.05, 4.69) is 10.3 Å². The summed E-state index contributed by atoms with van der Waals surface area (Å²) in [6.07, 6.45) is 1.53. The molecular weight excluding hydrogens is 395 g/mol. The number of hydrogen-bond donors (Lipinski definition) is 2. The predicted molar refractivity (Wildman–Crippen MR) is 112 cm³/mol. The number of benzene rings is 2. The quantitative estimate of drug-likeness (QED) is 0.491. The van der Waals surface area contributed by atoms with Crippen molar-refractivity contribution in [3.63, 3.8) is 0 Å². The molecule has 0 radical (unpaired) electrons. The Morgan fingerprint density at radius 2 is 1.97 bits per heavy atom. The summed E-state index contributed by atoms with van der Waals surface area (Å²) in [4.78, 5) is 16.6. The third-order valence-corrected chi connectivity index (χ3v) is 6.51. The Labute approximate surface area is 168 Å². The predicted octanol–water partition coefficient (Wildman–Crippen LogP) is 2.63. The summed E-state index contributed by atoms with van der Waals surface area (Å²) < 4.78 is 40.0. The first-order chi connectivity index (χ1) is 13.6. The van der Waals surface area contributed by atoms with Gasteiger partial charge in [0.2, 0.25) is 16.0 Å². The van der Waals surface area contributed by atoms with Crippen LogP contribution in [0, 0.1) is 5.82 Å². The van der Waals surface area contributed by atoms with E-state index in [1.807, 2.05) is 0 Å². The summed E-state index contributed by atoms with van der Waals surface area (Å²) in [5, 5.41) is 1.83. The van der Waals surface area contributed by atoms with Crippen molar-refractivity contribution < 1.29 is 17.6 Å². The summed E-state index contributed by atoms with van der Waals surface area (Å²) in [6, 6.07) is 10.6. The summed E-state index contributed by atoms with van der Waals surface area (Å²) in [5.74, 6) is -0.986. The maximum atomic E-state index is 13.6. The molecule has 152 valence electrons. The molecule has 9 heteroatoms. The number of nitrogens with one attached hydrogen (secondary N) is 1. The fourth-order valence-electron chi connectivity index (χ4n) is 2.90. The number of carbonyl (C=O) groups excluding carboxylic acids is 1. The lowest BCUT2D eigenvalue weighted by Gasteiger charge is -2.12. The van der Waals surface area contributed by atoms with Crippen LogP contribution in [0.2, 0.25) is 0 Å². The van der Waals surface area contributed by atoms with Crippen molar-refractivity contribution in [1.29, 1.82) is 0 Å². The van der Waals surface area contributed by atoms with Gasteiger partial charge in [-0.05, 0) is 55.3 Å². The number of nitrogens with zero attached hydrogens (tertiary/aromatic N) is 2. The van der Waals surface area contributed by atoms with E-state index in [-0.39, 0.29) is 17.0 Å². The number of halogens is 1. The highest BCUT2D eigenvalue weighted by Crippen LogP contribution is 2.27. The fraction of sp³-hybridized carbons (Fsp3) is 0.200. The van der Waals surface area contributed by atoms with Crippen LogP contribution < -0.4 is 11.1 Å². The molecule has 2 aromatic carbocycles. The molecule has 0 fully saturated rings. The van der Waals surface area contributed by atoms with Crippen molar-refractivity contribution in [3.05, 3.63) is 59.4 Å². The SMILES string of the molecule is CNC(=O)C(=Cc1cccc(F)c1)c1ccc2nc(N)n(S(=O)(=O)C(C)C)c2c1. The Morgan fingerprint density at radius 1 is 1.24 bits per heavy atom. The van der Waals surface area contributed by atoms with E-state index >= 15 is 0 Å². The first kappa shape index (κ1) is 20.5. The molecule has 0 saturated heterocycles. The molecule has 1 aromatic heterocycles. The van der Waals surface area contributed by atoms with Gasteiger partial charge in [-0.3, -0.25) is 4.79 Å². The lowest BCUT2D eigenvalue weighted by Crippen LogP contribution is -2.24. The van der Waals surface area contributed by atoms with Crippen LogP contribution >= 0.6 is 0 Å². The lowest BCUT2D eigenvalue weighted by atomic mass is 10.0. The van der Waals surface area contributed by atoms with Crippen molar-refractivity contribution in [1.82, 2.24) is 14.3 Å². The Bertz CT molecular complexity index is 1230. The van der Waals surface area contributed by atoms with E-state index in [0.29, 0.717) is 16.6 Å². The molecule has 3 N–H and O–H groups in total. The number of anilines is 1. The van der Waals surface area contributed by atoms with Gasteiger partial charge in [-0.25, -0.2) is 21.8 Å². The number of amides is 1. The second-order valence-electron chi connectivity index (χ2n) is 6.72. The summed E-state index contributed by atoms with van der Waals surface area (Å²) >= 11 is 0. The van der Waals surface area contributed by atoms with Gasteiger partial charge in [0.25, 0.3) is 5.91 Å². The van der Waals surface area contributed by atoms with Crippen LogP contribution in [0.1, 0.15) is 25.0 Å². The molecule has 0 spiro atoms. The number of rotatable bonds is 5. The van der Waals surface area contributed by atoms with Crippen LogP contribution in [0.5, 0.6) is 0 Å². The summed E-state index contributed by atoms with van der Waals surface area (Å²) in [7, 11) is -2.29. The van der Waals surface area contributed by atoms with Gasteiger partial charge >= 0.3 is 0 Å². The van der Waals surface area contributed by atoms with Crippen molar-refractivity contribution in [2.45, 2.75) is 19.1 Å². The number of hydrogen-bond acceptors (Lipinski definition) is 5. The molecule has 0 aliphatic rings. The Balaban J connectivity index is 2.25. The molecule has 0 unspecified atom stereocenters. The molecule has 0 saturated carbocycles. The highest BCUT2D eigenvalue weighted by molar-refractivity contribution is 7.90. The Kier molecular flexibility index (Phi) is 5.43. The monoisotopic (exact) mass is 416 g/mol. The first-order valence-electron chi connectivity index (χ1n) is 8.87. The van der Waals surface area contributed by atoms with Crippen molar-refractivity contribution in [2.75, 3.05) is 12.8 Å². The molecule has 3 rings (SSSR count). The van der Waals surface area contributed by atoms with Crippen molar-refractivity contribution in [2.24, 2.45) is 0 Å². The molecule has 0 aliphatic heterocycles. The van der Waals surface area contributed by atoms with Crippen LogP contribution in [0.4, 0.5) is 10.3 Å². The van der Waals surface area contributed by atoms with Gasteiger partial charge in [0.05, 0.1) is 16.3 Å². The molecule has 3 aromatic rings. The van der Waals surface area contributed by atoms with E-state index in [1.54, 1.807) is 38.1 Å². The van der Waals surface area contributed by atoms with Crippen molar-refractivity contribution in [3.8, 4) is 0 Å². The minimum atomic E-state index is -3.76. The van der Waals surface area contributed by atoms with Gasteiger partial charge in [0, 0.05) is 12.6 Å². The molecule has 1 amide bonds. The van der Waals surface area contributed by atoms with Gasteiger partial charge in [-0.2, -0.15) is 0 Å². The standard InChI is InChI=1S/C20H21FN4O3S/c1-12(2)29(27,28)25-18-11-14(7-8-17(18)24-20(25)22)16(19(26)23-3)10-13-5-4-6-15(21)9-13/h4-12H,1-3H3,(H2,22,24)(H,23,26). The van der Waals surface area contributed by atoms with Crippen LogP contribution in [-0.4, -0.2) is 35.6 Å². The second kappa shape index (κ2) is 7.67. The lowest BCUT2D eigenvalue weighted by molar-refractivity contribution is -0.115. The van der Waals surface area contributed by atoms with Gasteiger partial charge in [-0.1, -0.05) is 18.2 Å². The van der Waals surface area contributed by atoms with E-state index in [1.165, 1.54) is 31.3 Å². The zero-order chi connectivity index (χ0) is 21.3. The normalized spacial score (nSPS) is 12.5. The average molecular weight is 416 g/mol. The van der Waals surface area contributed by atoms with Crippen LogP contribution in [-0.2, 0) is 14.8 Å². The molecule has 29 heavy (non-hydrogen) atoms. The van der Waals surface area contributed by atoms with Gasteiger partial charge in [-0.15, -0.1) is 0 Å². The number of likely N-dealkylation sites (N-methyl/N-ethyl adjacent to an activating group) is 1. The van der Waals surface area contributed by atoms with Gasteiger partial charge < -0.3 is 11.1 Å². The van der Waals surface area contributed by atoms with E-state index < -0.39 is 27.0 Å². The topological polar surface area (TPSA) is 107 Å². The minimum Gasteiger partial charge on any atom is -0.368 e. The average Bonchev–Trinajstić information content (AvgIpc) is 3.00. The molecule has 1 heterocycles. The first-order valence-corrected chi connectivity index (χ1v) is 10.4. The number of nitrogens with two attached hydrogens (primary N) is 1. The number of aromatic nitrogens is 2. The summed E-state index contributed by atoms with van der Waals surface area (Å²) in [6.45, 7) is 3.09. The summed E-state index contributed by atoms with van der Waals surface area (Å²) in [5.41, 5.74) is 7.70. The Morgan fingerprint density at radius 3 is 2.59 bits per heavy atom. The van der Waals surface area contributed by atoms with Crippen LogP contribution in [0.15, 0.2) is 42.5 Å².